The second-order valence-electron chi connectivity index (χ2n) is 12.2. The maximum atomic E-state index is 13.3. The number of anilines is 1. The molecule has 11 nitrogen and oxygen atoms in total. The number of fused-ring (bicyclic) bond motifs is 3. The van der Waals surface area contributed by atoms with Crippen LogP contribution in [0.25, 0.3) is 5.00 Å². The van der Waals surface area contributed by atoms with Gasteiger partial charge in [0.05, 0.1) is 24.2 Å². The number of hydrogen-bond acceptors (Lipinski definition) is 9. The number of carbonyl (C=O) groups is 2. The summed E-state index contributed by atoms with van der Waals surface area (Å²) < 4.78 is 2.05. The van der Waals surface area contributed by atoms with Crippen LogP contribution in [0.5, 0.6) is 0 Å². The molecule has 1 atom stereocenters. The number of halogens is 1. The molecule has 2 aromatic heterocycles. The Balaban J connectivity index is 1.07. The Morgan fingerprint density at radius 3 is 2.55 bits per heavy atom. The molecule has 49 heavy (non-hydrogen) atoms. The standard InChI is InChI=1S/C36H39ClN8O3S/c1-22-23(2)49-35-32(22)33(26-7-10-27(37)11-8-26)40-30(34-42-41-24(3)45(34)35)21-31(46)39-14-5-15-43-16-18-44(19-17-43)28-12-9-25(6-4-13-38)29(20-28)36(47)48/h7-12,20,30H,5,13-19,21,38H2,1-3H3,(H,39,46)(H,47,48)/t30-/m0/s1. The Labute approximate surface area is 294 Å². The fourth-order valence-electron chi connectivity index (χ4n) is 6.30. The molecule has 0 bridgehead atoms. The van der Waals surface area contributed by atoms with Gasteiger partial charge in [-0.05, 0) is 69.6 Å². The molecule has 6 rings (SSSR count). The van der Waals surface area contributed by atoms with Gasteiger partial charge in [0, 0.05) is 65.0 Å². The number of rotatable bonds is 9. The lowest BCUT2D eigenvalue weighted by Gasteiger charge is -2.36. The third kappa shape index (κ3) is 7.40. The molecular formula is C36H39ClN8O3S. The van der Waals surface area contributed by atoms with E-state index < -0.39 is 12.0 Å². The summed E-state index contributed by atoms with van der Waals surface area (Å²) in [5.41, 5.74) is 10.9. The van der Waals surface area contributed by atoms with Gasteiger partial charge in [0.25, 0.3) is 0 Å². The number of nitrogens with two attached hydrogens (primary N) is 1. The maximum absolute atomic E-state index is 13.3. The zero-order chi connectivity index (χ0) is 34.7. The van der Waals surface area contributed by atoms with Gasteiger partial charge in [0.2, 0.25) is 5.91 Å². The fraction of sp³-hybridized carbons (Fsp3) is 0.361. The highest BCUT2D eigenvalue weighted by atomic mass is 35.5. The van der Waals surface area contributed by atoms with E-state index in [4.69, 9.17) is 22.3 Å². The average molecular weight is 699 g/mol. The number of aromatic carboxylic acids is 1. The zero-order valence-corrected chi connectivity index (χ0v) is 29.4. The molecule has 13 heteroatoms. The van der Waals surface area contributed by atoms with Crippen molar-refractivity contribution in [3.8, 4) is 16.8 Å². The number of benzene rings is 2. The number of hydrogen-bond donors (Lipinski definition) is 3. The number of nitrogens with zero attached hydrogens (tertiary/aromatic N) is 6. The normalized spacial score (nSPS) is 15.8. The molecule has 0 radical (unpaired) electrons. The predicted octanol–water partition coefficient (Wildman–Crippen LogP) is 4.53. The van der Waals surface area contributed by atoms with Gasteiger partial charge in [-0.3, -0.25) is 19.3 Å². The Kier molecular flexibility index (Phi) is 10.5. The highest BCUT2D eigenvalue weighted by Crippen LogP contribution is 2.39. The summed E-state index contributed by atoms with van der Waals surface area (Å²) in [5, 5.41) is 23.3. The van der Waals surface area contributed by atoms with Gasteiger partial charge in [0.15, 0.2) is 5.82 Å². The number of piperazine rings is 1. The van der Waals surface area contributed by atoms with E-state index in [9.17, 15) is 14.7 Å². The average Bonchev–Trinajstić information content (AvgIpc) is 3.57. The van der Waals surface area contributed by atoms with Crippen molar-refractivity contribution in [1.29, 1.82) is 0 Å². The van der Waals surface area contributed by atoms with Crippen molar-refractivity contribution in [2.45, 2.75) is 39.7 Å². The lowest BCUT2D eigenvalue weighted by molar-refractivity contribution is -0.121. The van der Waals surface area contributed by atoms with Crippen LogP contribution in [0.15, 0.2) is 47.5 Å². The van der Waals surface area contributed by atoms with E-state index >= 15 is 0 Å². The SMILES string of the molecule is Cc1sc2c(c1C)C(c1ccc(Cl)cc1)=N[C@@H](CC(=O)NCCCN1CCN(c3ccc(C#CCN)c(C(=O)O)c3)CC1)c1nnc(C)n1-2. The number of thiophene rings is 1. The smallest absolute Gasteiger partial charge is 0.337 e. The first-order valence-corrected chi connectivity index (χ1v) is 17.5. The van der Waals surface area contributed by atoms with Crippen LogP contribution in [-0.4, -0.2) is 88.2 Å². The number of carboxylic acids is 1. The molecule has 2 aliphatic heterocycles. The lowest BCUT2D eigenvalue weighted by atomic mass is 9.99. The molecule has 1 amide bonds. The highest BCUT2D eigenvalue weighted by molar-refractivity contribution is 7.15. The van der Waals surface area contributed by atoms with E-state index in [0.717, 1.165) is 78.1 Å². The van der Waals surface area contributed by atoms with Crippen molar-refractivity contribution in [3.63, 3.8) is 0 Å². The Morgan fingerprint density at radius 1 is 1.08 bits per heavy atom. The molecule has 0 spiro atoms. The molecule has 254 valence electrons. The molecule has 4 heterocycles. The molecule has 2 aliphatic rings. The van der Waals surface area contributed by atoms with E-state index in [2.05, 4.69) is 55.6 Å². The van der Waals surface area contributed by atoms with Crippen molar-refractivity contribution in [1.82, 2.24) is 25.0 Å². The van der Waals surface area contributed by atoms with Crippen LogP contribution in [0.2, 0.25) is 5.02 Å². The molecule has 2 aromatic carbocycles. The topological polar surface area (TPSA) is 142 Å². The zero-order valence-electron chi connectivity index (χ0n) is 27.8. The maximum Gasteiger partial charge on any atom is 0.337 e. The van der Waals surface area contributed by atoms with Crippen LogP contribution < -0.4 is 16.0 Å². The fourth-order valence-corrected chi connectivity index (χ4v) is 7.64. The van der Waals surface area contributed by atoms with Gasteiger partial charge >= 0.3 is 5.97 Å². The van der Waals surface area contributed by atoms with E-state index in [-0.39, 0.29) is 24.4 Å². The van der Waals surface area contributed by atoms with Crippen LogP contribution in [0, 0.1) is 32.6 Å². The van der Waals surface area contributed by atoms with E-state index in [1.807, 2.05) is 37.3 Å². The van der Waals surface area contributed by atoms with E-state index in [1.165, 1.54) is 4.88 Å². The molecule has 4 aromatic rings. The summed E-state index contributed by atoms with van der Waals surface area (Å²) in [6, 6.07) is 12.5. The first-order chi connectivity index (χ1) is 23.6. The van der Waals surface area contributed by atoms with Crippen molar-refractivity contribution in [2.24, 2.45) is 10.7 Å². The minimum Gasteiger partial charge on any atom is -0.478 e. The summed E-state index contributed by atoms with van der Waals surface area (Å²) in [6.45, 7) is 10.9. The Hall–Kier alpha value is -4.54. The molecule has 0 aliphatic carbocycles. The second-order valence-corrected chi connectivity index (χ2v) is 13.8. The number of carboxylic acid groups (broad SMARTS) is 1. The molecule has 0 saturated carbocycles. The number of amides is 1. The first kappa shape index (κ1) is 34.3. The van der Waals surface area contributed by atoms with Crippen LogP contribution in [0.3, 0.4) is 0 Å². The third-order valence-electron chi connectivity index (χ3n) is 9.01. The van der Waals surface area contributed by atoms with Crippen molar-refractivity contribution in [2.75, 3.05) is 50.7 Å². The Morgan fingerprint density at radius 2 is 1.84 bits per heavy atom. The van der Waals surface area contributed by atoms with E-state index in [0.29, 0.717) is 23.0 Å². The minimum atomic E-state index is -1.00. The molecular weight excluding hydrogens is 660 g/mol. The summed E-state index contributed by atoms with van der Waals surface area (Å²) in [5.74, 6) is 5.90. The molecule has 1 saturated heterocycles. The second kappa shape index (κ2) is 14.9. The summed E-state index contributed by atoms with van der Waals surface area (Å²) in [6.07, 6.45) is 0.953. The summed E-state index contributed by atoms with van der Waals surface area (Å²) >= 11 is 7.91. The third-order valence-corrected chi connectivity index (χ3v) is 10.4. The van der Waals surface area contributed by atoms with Crippen LogP contribution in [-0.2, 0) is 4.79 Å². The largest absolute Gasteiger partial charge is 0.478 e. The number of aromatic nitrogens is 3. The number of carbonyl (C=O) groups excluding carboxylic acids is 1. The van der Waals surface area contributed by atoms with Gasteiger partial charge in [-0.1, -0.05) is 35.6 Å². The monoisotopic (exact) mass is 698 g/mol. The van der Waals surface area contributed by atoms with Gasteiger partial charge in [0.1, 0.15) is 16.9 Å². The minimum absolute atomic E-state index is 0.0896. The van der Waals surface area contributed by atoms with Gasteiger partial charge in [-0.25, -0.2) is 4.79 Å². The quantitative estimate of drug-likeness (QED) is 0.171. The number of aliphatic imine (C=N–C) groups is 1. The molecule has 4 N–H and O–H groups in total. The Bertz CT molecular complexity index is 1970. The number of nitrogens with one attached hydrogen (secondary N) is 1. The van der Waals surface area contributed by atoms with Crippen LogP contribution in [0.4, 0.5) is 5.69 Å². The summed E-state index contributed by atoms with van der Waals surface area (Å²) in [4.78, 5) is 36.1. The molecule has 0 unspecified atom stereocenters. The van der Waals surface area contributed by atoms with Crippen LogP contribution in [0.1, 0.15) is 68.0 Å². The van der Waals surface area contributed by atoms with Gasteiger partial charge in [-0.2, -0.15) is 0 Å². The highest BCUT2D eigenvalue weighted by Gasteiger charge is 2.32. The van der Waals surface area contributed by atoms with Crippen molar-refractivity contribution in [3.05, 3.63) is 91.8 Å². The number of aryl methyl sites for hydroxylation is 2. The first-order valence-electron chi connectivity index (χ1n) is 16.3. The van der Waals surface area contributed by atoms with Crippen molar-refractivity contribution >= 4 is 46.2 Å². The van der Waals surface area contributed by atoms with E-state index in [1.54, 1.807) is 23.5 Å². The predicted molar refractivity (Wildman–Crippen MR) is 194 cm³/mol. The van der Waals surface area contributed by atoms with Gasteiger partial charge in [-0.15, -0.1) is 21.5 Å². The molecule has 1 fully saturated rings. The van der Waals surface area contributed by atoms with Gasteiger partial charge < -0.3 is 21.1 Å². The lowest BCUT2D eigenvalue weighted by Crippen LogP contribution is -2.47. The van der Waals surface area contributed by atoms with Crippen molar-refractivity contribution < 1.29 is 14.7 Å². The van der Waals surface area contributed by atoms with Crippen LogP contribution >= 0.6 is 22.9 Å². The summed E-state index contributed by atoms with van der Waals surface area (Å²) in [7, 11) is 0.